The van der Waals surface area contributed by atoms with Crippen molar-refractivity contribution in [2.75, 3.05) is 6.54 Å². The molecule has 2 nitrogen and oxygen atoms in total. The van der Waals surface area contributed by atoms with Crippen molar-refractivity contribution in [2.45, 2.75) is 39.7 Å². The van der Waals surface area contributed by atoms with Gasteiger partial charge in [0.15, 0.2) is 0 Å². The highest BCUT2D eigenvalue weighted by molar-refractivity contribution is 9.10. The fraction of sp³-hybridized carbons (Fsp3) is 0.533. The average Bonchev–Trinajstić information content (AvgIpc) is 2.35. The summed E-state index contributed by atoms with van der Waals surface area (Å²) in [5.41, 5.74) is 1.91. The number of aryl methyl sites for hydroxylation is 1. The number of carbonyl (C=O) groups excluding carboxylic acids is 1. The number of hydrogen-bond donors (Lipinski definition) is 0. The molecule has 1 heterocycles. The van der Waals surface area contributed by atoms with Crippen molar-refractivity contribution in [1.82, 2.24) is 4.90 Å². The van der Waals surface area contributed by atoms with E-state index in [2.05, 4.69) is 29.8 Å². The highest BCUT2D eigenvalue weighted by Gasteiger charge is 2.28. The molecule has 0 spiro atoms. The van der Waals surface area contributed by atoms with Gasteiger partial charge >= 0.3 is 0 Å². The zero-order valence-electron chi connectivity index (χ0n) is 11.2. The first-order valence-corrected chi connectivity index (χ1v) is 7.37. The Bertz CT molecular complexity index is 458. The van der Waals surface area contributed by atoms with E-state index in [0.29, 0.717) is 12.0 Å². The van der Waals surface area contributed by atoms with Gasteiger partial charge in [-0.15, -0.1) is 0 Å². The molecule has 1 aromatic rings. The number of nitrogens with zero attached hydrogens (tertiary/aromatic N) is 1. The Kier molecular flexibility index (Phi) is 4.10. The van der Waals surface area contributed by atoms with Crippen molar-refractivity contribution in [2.24, 2.45) is 5.92 Å². The largest absolute Gasteiger partial charge is 0.336 e. The lowest BCUT2D eigenvalue weighted by atomic mass is 9.91. The van der Waals surface area contributed by atoms with Crippen LogP contribution in [-0.2, 0) is 0 Å². The molecule has 1 aromatic carbocycles. The van der Waals surface area contributed by atoms with Crippen LogP contribution in [0.3, 0.4) is 0 Å². The molecule has 1 fully saturated rings. The fourth-order valence-electron chi connectivity index (χ4n) is 2.57. The molecule has 0 saturated carbocycles. The Morgan fingerprint density at radius 3 is 2.78 bits per heavy atom. The molecule has 1 aliphatic heterocycles. The first-order chi connectivity index (χ1) is 8.50. The van der Waals surface area contributed by atoms with Crippen LogP contribution in [0.25, 0.3) is 0 Å². The molecule has 1 saturated heterocycles. The van der Waals surface area contributed by atoms with E-state index in [-0.39, 0.29) is 5.91 Å². The minimum atomic E-state index is 0.171. The van der Waals surface area contributed by atoms with Gasteiger partial charge in [0.05, 0.1) is 0 Å². The number of halogens is 1. The van der Waals surface area contributed by atoms with Crippen molar-refractivity contribution < 1.29 is 4.79 Å². The van der Waals surface area contributed by atoms with Crippen molar-refractivity contribution in [3.8, 4) is 0 Å². The first-order valence-electron chi connectivity index (χ1n) is 6.58. The van der Waals surface area contributed by atoms with Crippen LogP contribution in [0.1, 0.15) is 42.6 Å². The standard InChI is InChI=1S/C15H20BrNO/c1-10-5-4-8-17(12(10)3)15(18)13-6-7-14(16)11(2)9-13/h6-7,9-10,12H,4-5,8H2,1-3H3. The molecule has 0 N–H and O–H groups in total. The van der Waals surface area contributed by atoms with Crippen LogP contribution in [0, 0.1) is 12.8 Å². The van der Waals surface area contributed by atoms with E-state index >= 15 is 0 Å². The zero-order valence-corrected chi connectivity index (χ0v) is 12.8. The molecule has 1 amide bonds. The van der Waals surface area contributed by atoms with Gasteiger partial charge in [-0.3, -0.25) is 4.79 Å². The molecular formula is C15H20BrNO. The summed E-state index contributed by atoms with van der Waals surface area (Å²) in [6.07, 6.45) is 2.34. The van der Waals surface area contributed by atoms with Crippen LogP contribution in [-0.4, -0.2) is 23.4 Å². The third-order valence-electron chi connectivity index (χ3n) is 4.04. The molecule has 0 bridgehead atoms. The molecule has 0 radical (unpaired) electrons. The second-order valence-electron chi connectivity index (χ2n) is 5.32. The van der Waals surface area contributed by atoms with Gasteiger partial charge in [-0.25, -0.2) is 0 Å². The number of piperidine rings is 1. The molecule has 3 heteroatoms. The van der Waals surface area contributed by atoms with E-state index in [4.69, 9.17) is 0 Å². The normalized spacial score (nSPS) is 24.1. The topological polar surface area (TPSA) is 20.3 Å². The Hall–Kier alpha value is -0.830. The summed E-state index contributed by atoms with van der Waals surface area (Å²) in [5.74, 6) is 0.767. The molecule has 2 rings (SSSR count). The summed E-state index contributed by atoms with van der Waals surface area (Å²) >= 11 is 3.47. The molecule has 0 aliphatic carbocycles. The fourth-order valence-corrected chi connectivity index (χ4v) is 2.81. The lowest BCUT2D eigenvalue weighted by Crippen LogP contribution is -2.46. The van der Waals surface area contributed by atoms with Crippen molar-refractivity contribution >= 4 is 21.8 Å². The van der Waals surface area contributed by atoms with Crippen LogP contribution in [0.4, 0.5) is 0 Å². The maximum absolute atomic E-state index is 12.5. The van der Waals surface area contributed by atoms with Crippen LogP contribution >= 0.6 is 15.9 Å². The van der Waals surface area contributed by atoms with E-state index in [1.54, 1.807) is 0 Å². The first kappa shape index (κ1) is 13.6. The van der Waals surface area contributed by atoms with Crippen molar-refractivity contribution in [3.05, 3.63) is 33.8 Å². The molecule has 18 heavy (non-hydrogen) atoms. The molecule has 0 aromatic heterocycles. The van der Waals surface area contributed by atoms with Gasteiger partial charge in [0.2, 0.25) is 0 Å². The summed E-state index contributed by atoms with van der Waals surface area (Å²) in [6, 6.07) is 6.18. The van der Waals surface area contributed by atoms with E-state index in [1.165, 1.54) is 6.42 Å². The summed E-state index contributed by atoms with van der Waals surface area (Å²) in [5, 5.41) is 0. The SMILES string of the molecule is Cc1cc(C(=O)N2CCCC(C)C2C)ccc1Br. The van der Waals surface area contributed by atoms with Gasteiger partial charge in [0.25, 0.3) is 5.91 Å². The van der Waals surface area contributed by atoms with E-state index in [9.17, 15) is 4.79 Å². The van der Waals surface area contributed by atoms with Gasteiger partial charge < -0.3 is 4.90 Å². The minimum absolute atomic E-state index is 0.171. The van der Waals surface area contributed by atoms with E-state index in [1.807, 2.05) is 30.0 Å². The minimum Gasteiger partial charge on any atom is -0.336 e. The predicted molar refractivity (Wildman–Crippen MR) is 77.8 cm³/mol. The lowest BCUT2D eigenvalue weighted by molar-refractivity contribution is 0.0551. The number of carbonyl (C=O) groups is 1. The molecular weight excluding hydrogens is 290 g/mol. The third-order valence-corrected chi connectivity index (χ3v) is 4.93. The van der Waals surface area contributed by atoms with E-state index in [0.717, 1.165) is 28.6 Å². The third kappa shape index (κ3) is 2.61. The predicted octanol–water partition coefficient (Wildman–Crippen LogP) is 4.02. The number of benzene rings is 1. The Morgan fingerprint density at radius 2 is 2.11 bits per heavy atom. The lowest BCUT2D eigenvalue weighted by Gasteiger charge is -2.38. The quantitative estimate of drug-likeness (QED) is 0.767. The highest BCUT2D eigenvalue weighted by Crippen LogP contribution is 2.25. The Morgan fingerprint density at radius 1 is 1.39 bits per heavy atom. The van der Waals surface area contributed by atoms with Gasteiger partial charge in [-0.1, -0.05) is 22.9 Å². The molecule has 1 aliphatic rings. The van der Waals surface area contributed by atoms with Crippen LogP contribution in [0.5, 0.6) is 0 Å². The molecule has 2 atom stereocenters. The zero-order chi connectivity index (χ0) is 13.3. The maximum atomic E-state index is 12.5. The van der Waals surface area contributed by atoms with Gasteiger partial charge in [-0.2, -0.15) is 0 Å². The highest BCUT2D eigenvalue weighted by atomic mass is 79.9. The van der Waals surface area contributed by atoms with Gasteiger partial charge in [0.1, 0.15) is 0 Å². The summed E-state index contributed by atoms with van der Waals surface area (Å²) in [4.78, 5) is 14.6. The van der Waals surface area contributed by atoms with Crippen molar-refractivity contribution in [3.63, 3.8) is 0 Å². The smallest absolute Gasteiger partial charge is 0.254 e. The van der Waals surface area contributed by atoms with Crippen LogP contribution in [0.2, 0.25) is 0 Å². The number of amides is 1. The number of hydrogen-bond acceptors (Lipinski definition) is 1. The summed E-state index contributed by atoms with van der Waals surface area (Å²) in [7, 11) is 0. The molecule has 2 unspecified atom stereocenters. The van der Waals surface area contributed by atoms with E-state index < -0.39 is 0 Å². The number of likely N-dealkylation sites (tertiary alicyclic amines) is 1. The Labute approximate surface area is 117 Å². The second-order valence-corrected chi connectivity index (χ2v) is 6.18. The van der Waals surface area contributed by atoms with Crippen molar-refractivity contribution in [1.29, 1.82) is 0 Å². The average molecular weight is 310 g/mol. The second kappa shape index (κ2) is 5.43. The van der Waals surface area contributed by atoms with Crippen LogP contribution < -0.4 is 0 Å². The maximum Gasteiger partial charge on any atom is 0.254 e. The monoisotopic (exact) mass is 309 g/mol. The Balaban J connectivity index is 2.22. The van der Waals surface area contributed by atoms with Gasteiger partial charge in [0, 0.05) is 22.6 Å². The molecule has 98 valence electrons. The summed E-state index contributed by atoms with van der Waals surface area (Å²) < 4.78 is 1.05. The number of rotatable bonds is 1. The van der Waals surface area contributed by atoms with Gasteiger partial charge in [-0.05, 0) is 56.4 Å². The summed E-state index contributed by atoms with van der Waals surface area (Å²) in [6.45, 7) is 7.30. The van der Waals surface area contributed by atoms with Crippen LogP contribution in [0.15, 0.2) is 22.7 Å².